The molecule has 1 aliphatic heterocycles. The Morgan fingerprint density at radius 1 is 1.19 bits per heavy atom. The average Bonchev–Trinajstić information content (AvgIpc) is 2.69. The molecule has 2 aromatic carbocycles. The SMILES string of the molecule is CCc1ccc2c(c1)C(NC[C@@H](O)[C@H](Cc1cc(F)cc(F)c1)NC(C)=O)CS(=O)(=O)O2. The molecule has 0 spiro atoms. The third-order valence-electron chi connectivity index (χ3n) is 5.25. The zero-order valence-electron chi connectivity index (χ0n) is 17.8. The minimum Gasteiger partial charge on any atom is -0.390 e. The van der Waals surface area contributed by atoms with Crippen LogP contribution >= 0.6 is 0 Å². The summed E-state index contributed by atoms with van der Waals surface area (Å²) in [7, 11) is -3.81. The van der Waals surface area contributed by atoms with Crippen LogP contribution in [0.4, 0.5) is 8.78 Å². The van der Waals surface area contributed by atoms with Gasteiger partial charge >= 0.3 is 10.1 Å². The molecule has 32 heavy (non-hydrogen) atoms. The number of halogens is 2. The molecule has 7 nitrogen and oxygen atoms in total. The number of benzene rings is 2. The van der Waals surface area contributed by atoms with Crippen LogP contribution in [0, 0.1) is 11.6 Å². The highest BCUT2D eigenvalue weighted by molar-refractivity contribution is 7.87. The van der Waals surface area contributed by atoms with Gasteiger partial charge in [0.25, 0.3) is 0 Å². The fraction of sp³-hybridized carbons (Fsp3) is 0.409. The van der Waals surface area contributed by atoms with E-state index in [4.69, 9.17) is 4.18 Å². The van der Waals surface area contributed by atoms with Crippen molar-refractivity contribution in [2.75, 3.05) is 12.3 Å². The molecular formula is C22H26F2N2O5S. The predicted octanol–water partition coefficient (Wildman–Crippen LogP) is 1.99. The number of nitrogens with one attached hydrogen (secondary N) is 2. The number of amides is 1. The summed E-state index contributed by atoms with van der Waals surface area (Å²) in [5.74, 6) is -2.03. The third-order valence-corrected chi connectivity index (χ3v) is 6.42. The number of carbonyl (C=O) groups excluding carboxylic acids is 1. The first-order valence-electron chi connectivity index (χ1n) is 10.2. The van der Waals surface area contributed by atoms with Crippen LogP contribution in [-0.2, 0) is 27.8 Å². The summed E-state index contributed by atoms with van der Waals surface area (Å²) in [5, 5.41) is 16.4. The van der Waals surface area contributed by atoms with Gasteiger partial charge in [-0.3, -0.25) is 4.79 Å². The summed E-state index contributed by atoms with van der Waals surface area (Å²) in [4.78, 5) is 11.6. The Kier molecular flexibility index (Phi) is 7.47. The van der Waals surface area contributed by atoms with E-state index in [0.29, 0.717) is 5.56 Å². The first-order valence-corrected chi connectivity index (χ1v) is 11.8. The Balaban J connectivity index is 1.76. The second-order valence-corrected chi connectivity index (χ2v) is 9.47. The van der Waals surface area contributed by atoms with E-state index in [2.05, 4.69) is 10.6 Å². The van der Waals surface area contributed by atoms with Crippen LogP contribution in [0.1, 0.15) is 36.6 Å². The normalized spacial score (nSPS) is 18.8. The Morgan fingerprint density at radius 2 is 1.88 bits per heavy atom. The Bertz CT molecular complexity index is 1070. The first kappa shape index (κ1) is 24.1. The van der Waals surface area contributed by atoms with Crippen LogP contribution in [-0.4, -0.2) is 43.9 Å². The molecule has 3 rings (SSSR count). The lowest BCUT2D eigenvalue weighted by Crippen LogP contribution is -2.49. The van der Waals surface area contributed by atoms with Crippen molar-refractivity contribution in [2.45, 2.75) is 44.9 Å². The molecule has 0 fully saturated rings. The van der Waals surface area contributed by atoms with Crippen molar-refractivity contribution < 1.29 is 31.3 Å². The Labute approximate surface area is 185 Å². The second-order valence-electron chi connectivity index (χ2n) is 7.85. The van der Waals surface area contributed by atoms with Crippen molar-refractivity contribution in [1.82, 2.24) is 10.6 Å². The number of aliphatic hydroxyl groups excluding tert-OH is 1. The molecule has 0 bridgehead atoms. The molecule has 1 unspecified atom stereocenters. The zero-order chi connectivity index (χ0) is 23.5. The first-order chi connectivity index (χ1) is 15.1. The maximum absolute atomic E-state index is 13.5. The number of aryl methyl sites for hydroxylation is 1. The van der Waals surface area contributed by atoms with Gasteiger partial charge in [0.05, 0.1) is 18.2 Å². The molecule has 3 N–H and O–H groups in total. The van der Waals surface area contributed by atoms with Gasteiger partial charge in [0.1, 0.15) is 23.1 Å². The van der Waals surface area contributed by atoms with Crippen molar-refractivity contribution in [1.29, 1.82) is 0 Å². The van der Waals surface area contributed by atoms with Crippen molar-refractivity contribution in [2.24, 2.45) is 0 Å². The predicted molar refractivity (Wildman–Crippen MR) is 115 cm³/mol. The lowest BCUT2D eigenvalue weighted by molar-refractivity contribution is -0.120. The van der Waals surface area contributed by atoms with Crippen LogP contribution in [0.3, 0.4) is 0 Å². The van der Waals surface area contributed by atoms with Crippen LogP contribution in [0.2, 0.25) is 0 Å². The lowest BCUT2D eigenvalue weighted by atomic mass is 9.99. The van der Waals surface area contributed by atoms with Crippen LogP contribution in [0.5, 0.6) is 5.75 Å². The third kappa shape index (κ3) is 6.24. The number of carbonyl (C=O) groups is 1. The van der Waals surface area contributed by atoms with Gasteiger partial charge in [-0.2, -0.15) is 8.42 Å². The van der Waals surface area contributed by atoms with E-state index in [9.17, 15) is 27.1 Å². The van der Waals surface area contributed by atoms with Gasteiger partial charge < -0.3 is 19.9 Å². The van der Waals surface area contributed by atoms with E-state index in [0.717, 1.165) is 30.2 Å². The zero-order valence-corrected chi connectivity index (χ0v) is 18.6. The van der Waals surface area contributed by atoms with E-state index in [1.54, 1.807) is 12.1 Å². The average molecular weight is 469 g/mol. The molecule has 3 atom stereocenters. The molecule has 0 radical (unpaired) electrons. The molecule has 0 aromatic heterocycles. The van der Waals surface area contributed by atoms with Crippen LogP contribution < -0.4 is 14.8 Å². The Hall–Kier alpha value is -2.56. The van der Waals surface area contributed by atoms with E-state index in [1.165, 1.54) is 6.92 Å². The molecule has 2 aromatic rings. The van der Waals surface area contributed by atoms with Gasteiger partial charge in [0.15, 0.2) is 0 Å². The highest BCUT2D eigenvalue weighted by atomic mass is 32.2. The number of fused-ring (bicyclic) bond motifs is 1. The maximum Gasteiger partial charge on any atom is 0.311 e. The fourth-order valence-corrected chi connectivity index (χ4v) is 4.93. The van der Waals surface area contributed by atoms with Gasteiger partial charge in [-0.15, -0.1) is 0 Å². The molecule has 1 amide bonds. The highest BCUT2D eigenvalue weighted by Gasteiger charge is 2.32. The minimum absolute atomic E-state index is 0.0141. The van der Waals surface area contributed by atoms with Crippen molar-refractivity contribution in [3.05, 3.63) is 64.7 Å². The quantitative estimate of drug-likeness (QED) is 0.512. The smallest absolute Gasteiger partial charge is 0.311 e. The maximum atomic E-state index is 13.5. The largest absolute Gasteiger partial charge is 0.390 e. The molecule has 174 valence electrons. The van der Waals surface area contributed by atoms with Gasteiger partial charge in [-0.05, 0) is 42.2 Å². The molecule has 1 aliphatic rings. The molecule has 0 saturated heterocycles. The number of hydrogen-bond donors (Lipinski definition) is 3. The molecular weight excluding hydrogens is 442 g/mol. The van der Waals surface area contributed by atoms with Gasteiger partial charge in [0.2, 0.25) is 5.91 Å². The van der Waals surface area contributed by atoms with Crippen LogP contribution in [0.25, 0.3) is 0 Å². The van der Waals surface area contributed by atoms with Gasteiger partial charge in [-0.25, -0.2) is 8.78 Å². The second kappa shape index (κ2) is 9.93. The summed E-state index contributed by atoms with van der Waals surface area (Å²) >= 11 is 0. The van der Waals surface area contributed by atoms with E-state index in [1.807, 2.05) is 13.0 Å². The van der Waals surface area contributed by atoms with Crippen molar-refractivity contribution in [3.63, 3.8) is 0 Å². The summed E-state index contributed by atoms with van der Waals surface area (Å²) in [6.45, 7) is 3.17. The highest BCUT2D eigenvalue weighted by Crippen LogP contribution is 2.33. The minimum atomic E-state index is -3.81. The molecule has 0 saturated carbocycles. The molecule has 1 heterocycles. The van der Waals surface area contributed by atoms with E-state index in [-0.39, 0.29) is 30.0 Å². The Morgan fingerprint density at radius 3 is 2.50 bits per heavy atom. The number of rotatable bonds is 8. The number of hydrogen-bond acceptors (Lipinski definition) is 6. The van der Waals surface area contributed by atoms with Gasteiger partial charge in [0, 0.05) is 25.1 Å². The summed E-state index contributed by atoms with van der Waals surface area (Å²) < 4.78 is 56.5. The monoisotopic (exact) mass is 468 g/mol. The number of aliphatic hydroxyl groups is 1. The molecule has 10 heteroatoms. The van der Waals surface area contributed by atoms with Crippen molar-refractivity contribution in [3.8, 4) is 5.75 Å². The van der Waals surface area contributed by atoms with Gasteiger partial charge in [-0.1, -0.05) is 19.1 Å². The van der Waals surface area contributed by atoms with E-state index >= 15 is 0 Å². The summed E-state index contributed by atoms with van der Waals surface area (Å²) in [5.41, 5.74) is 1.93. The van der Waals surface area contributed by atoms with Crippen LogP contribution in [0.15, 0.2) is 36.4 Å². The lowest BCUT2D eigenvalue weighted by Gasteiger charge is -2.29. The summed E-state index contributed by atoms with van der Waals surface area (Å²) in [6.07, 6.45) is -0.419. The molecule has 0 aliphatic carbocycles. The topological polar surface area (TPSA) is 105 Å². The standard InChI is InChI=1S/C22H26F2N2O5S/c1-3-14-4-5-22-18(8-14)20(12-32(29,30)31-22)25-11-21(28)19(26-13(2)27)9-15-6-16(23)10-17(24)7-15/h4-8,10,19-21,25,28H,3,9,11-12H2,1-2H3,(H,26,27)/t19-,20?,21+/m0/s1. The fourth-order valence-electron chi connectivity index (χ4n) is 3.73. The van der Waals surface area contributed by atoms with E-state index < -0.39 is 45.8 Å². The summed E-state index contributed by atoms with van der Waals surface area (Å²) in [6, 6.07) is 6.77. The van der Waals surface area contributed by atoms with Crippen molar-refractivity contribution >= 4 is 16.0 Å².